The Hall–Kier alpha value is -3.68. The molecule has 0 aliphatic carbocycles. The first-order valence-corrected chi connectivity index (χ1v) is 10.4. The molecule has 2 saturated heterocycles. The number of amides is 2. The summed E-state index contributed by atoms with van der Waals surface area (Å²) >= 11 is 0. The lowest BCUT2D eigenvalue weighted by atomic mass is 10.1. The molecule has 8 heteroatoms. The van der Waals surface area contributed by atoms with Crippen LogP contribution in [0.1, 0.15) is 25.0 Å². The van der Waals surface area contributed by atoms with Crippen molar-refractivity contribution in [3.8, 4) is 11.1 Å². The molecule has 5 rings (SSSR count). The number of cyclic esters (lactones) is 1. The molecule has 0 spiro atoms. The molecule has 0 N–H and O–H groups in total. The van der Waals surface area contributed by atoms with Crippen molar-refractivity contribution in [2.45, 2.75) is 31.8 Å². The molecular formula is C23H22N4O4. The first-order chi connectivity index (χ1) is 15.2. The lowest BCUT2D eigenvalue weighted by molar-refractivity contribution is -0.117. The van der Waals surface area contributed by atoms with E-state index in [4.69, 9.17) is 9.26 Å². The summed E-state index contributed by atoms with van der Waals surface area (Å²) in [7, 11) is 0. The number of aryl methyl sites for hydroxylation is 1. The van der Waals surface area contributed by atoms with Gasteiger partial charge >= 0.3 is 6.09 Å². The zero-order chi connectivity index (χ0) is 21.2. The summed E-state index contributed by atoms with van der Waals surface area (Å²) in [6.45, 7) is 1.24. The van der Waals surface area contributed by atoms with Gasteiger partial charge < -0.3 is 9.26 Å². The molecule has 1 aromatic carbocycles. The van der Waals surface area contributed by atoms with E-state index in [-0.39, 0.29) is 18.1 Å². The second-order valence-electron chi connectivity index (χ2n) is 7.75. The average Bonchev–Trinajstić information content (AvgIpc) is 3.54. The molecular weight excluding hydrogens is 396 g/mol. The number of anilines is 2. The molecule has 0 saturated carbocycles. The number of pyridine rings is 1. The average molecular weight is 418 g/mol. The van der Waals surface area contributed by atoms with Gasteiger partial charge in [0.2, 0.25) is 5.91 Å². The van der Waals surface area contributed by atoms with E-state index in [0.717, 1.165) is 35.5 Å². The molecule has 2 aromatic heterocycles. The Kier molecular flexibility index (Phi) is 5.11. The van der Waals surface area contributed by atoms with E-state index in [2.05, 4.69) is 10.1 Å². The van der Waals surface area contributed by atoms with Crippen molar-refractivity contribution < 1.29 is 18.8 Å². The van der Waals surface area contributed by atoms with E-state index in [1.807, 2.05) is 42.5 Å². The van der Waals surface area contributed by atoms with Crippen molar-refractivity contribution in [2.24, 2.45) is 0 Å². The minimum absolute atomic E-state index is 0.126. The van der Waals surface area contributed by atoms with Crippen LogP contribution in [0.25, 0.3) is 11.1 Å². The Balaban J connectivity index is 1.23. The van der Waals surface area contributed by atoms with Gasteiger partial charge in [-0.25, -0.2) is 9.78 Å². The Morgan fingerprint density at radius 3 is 2.52 bits per heavy atom. The van der Waals surface area contributed by atoms with Crippen LogP contribution in [0.4, 0.5) is 16.3 Å². The predicted molar refractivity (Wildman–Crippen MR) is 114 cm³/mol. The van der Waals surface area contributed by atoms with Crippen LogP contribution in [0, 0.1) is 0 Å². The highest BCUT2D eigenvalue weighted by Crippen LogP contribution is 2.28. The van der Waals surface area contributed by atoms with Crippen molar-refractivity contribution in [2.75, 3.05) is 22.9 Å². The van der Waals surface area contributed by atoms with Crippen molar-refractivity contribution in [1.29, 1.82) is 0 Å². The maximum atomic E-state index is 12.3. The smallest absolute Gasteiger partial charge is 0.414 e. The number of ether oxygens (including phenoxy) is 1. The molecule has 0 radical (unpaired) electrons. The Morgan fingerprint density at radius 2 is 1.84 bits per heavy atom. The third-order valence-electron chi connectivity index (χ3n) is 5.70. The quantitative estimate of drug-likeness (QED) is 0.605. The molecule has 4 heterocycles. The Morgan fingerprint density at radius 1 is 1.00 bits per heavy atom. The van der Waals surface area contributed by atoms with Crippen molar-refractivity contribution in [3.63, 3.8) is 0 Å². The number of hydrogen-bond acceptors (Lipinski definition) is 6. The summed E-state index contributed by atoms with van der Waals surface area (Å²) in [5.74, 6) is 0.820. The summed E-state index contributed by atoms with van der Waals surface area (Å²) in [5.41, 5.74) is 3.60. The van der Waals surface area contributed by atoms with Gasteiger partial charge in [0, 0.05) is 36.5 Å². The Bertz CT molecular complexity index is 1060. The largest absolute Gasteiger partial charge is 0.444 e. The second-order valence-corrected chi connectivity index (χ2v) is 7.75. The number of benzene rings is 1. The standard InChI is InChI=1S/C23H22N4O4/c28-22-2-1-12-26(22)21-10-5-17(14-24-21)16-3-7-19(8-4-16)27-15-20(31-23(27)29)9-6-18-11-13-30-25-18/h3-5,7-8,10-11,13-14,20H,1-2,6,9,12,15H2/t20-/m0/s1. The van der Waals surface area contributed by atoms with Crippen LogP contribution < -0.4 is 9.80 Å². The van der Waals surface area contributed by atoms with E-state index < -0.39 is 0 Å². The molecule has 2 fully saturated rings. The zero-order valence-corrected chi connectivity index (χ0v) is 16.9. The lowest BCUT2D eigenvalue weighted by Crippen LogP contribution is -2.24. The van der Waals surface area contributed by atoms with Gasteiger partial charge in [-0.3, -0.25) is 14.6 Å². The van der Waals surface area contributed by atoms with Crippen LogP contribution in [0.3, 0.4) is 0 Å². The topological polar surface area (TPSA) is 88.8 Å². The number of rotatable bonds is 6. The zero-order valence-electron chi connectivity index (χ0n) is 16.9. The van der Waals surface area contributed by atoms with Gasteiger partial charge in [-0.2, -0.15) is 0 Å². The maximum Gasteiger partial charge on any atom is 0.414 e. The molecule has 0 bridgehead atoms. The van der Waals surface area contributed by atoms with Crippen molar-refractivity contribution in [1.82, 2.24) is 10.1 Å². The molecule has 3 aromatic rings. The summed E-state index contributed by atoms with van der Waals surface area (Å²) in [4.78, 5) is 32.0. The molecule has 2 aliphatic rings. The van der Waals surface area contributed by atoms with Crippen LogP contribution in [-0.4, -0.2) is 41.3 Å². The van der Waals surface area contributed by atoms with Crippen LogP contribution in [0.5, 0.6) is 0 Å². The molecule has 31 heavy (non-hydrogen) atoms. The van der Waals surface area contributed by atoms with E-state index >= 15 is 0 Å². The van der Waals surface area contributed by atoms with Crippen molar-refractivity contribution in [3.05, 3.63) is 60.6 Å². The fourth-order valence-corrected chi connectivity index (χ4v) is 4.00. The summed E-state index contributed by atoms with van der Waals surface area (Å²) in [6, 6.07) is 13.4. The van der Waals surface area contributed by atoms with Crippen LogP contribution >= 0.6 is 0 Å². The normalized spacial score (nSPS) is 18.6. The summed E-state index contributed by atoms with van der Waals surface area (Å²) < 4.78 is 10.3. The van der Waals surface area contributed by atoms with Crippen molar-refractivity contribution >= 4 is 23.5 Å². The number of hydrogen-bond donors (Lipinski definition) is 0. The fraction of sp³-hybridized carbons (Fsp3) is 0.304. The highest BCUT2D eigenvalue weighted by Gasteiger charge is 2.32. The first kappa shape index (κ1) is 19.3. The summed E-state index contributed by atoms with van der Waals surface area (Å²) in [5, 5.41) is 3.89. The highest BCUT2D eigenvalue weighted by atomic mass is 16.6. The van der Waals surface area contributed by atoms with Gasteiger partial charge in [-0.1, -0.05) is 17.3 Å². The molecule has 2 aliphatic heterocycles. The van der Waals surface area contributed by atoms with Crippen LogP contribution in [0.2, 0.25) is 0 Å². The minimum Gasteiger partial charge on any atom is -0.444 e. The SMILES string of the molecule is O=C1O[C@@H](CCc2ccon2)CN1c1ccc(-c2ccc(N3CCCC3=O)nc2)cc1. The monoisotopic (exact) mass is 418 g/mol. The number of carbonyl (C=O) groups is 2. The second kappa shape index (κ2) is 8.22. The van der Waals surface area contributed by atoms with Crippen LogP contribution in [-0.2, 0) is 16.0 Å². The maximum absolute atomic E-state index is 12.3. The van der Waals surface area contributed by atoms with Gasteiger partial charge in [0.05, 0.1) is 12.2 Å². The molecule has 0 unspecified atom stereocenters. The van der Waals surface area contributed by atoms with Gasteiger partial charge in [0.15, 0.2) is 0 Å². The third-order valence-corrected chi connectivity index (χ3v) is 5.70. The predicted octanol–water partition coefficient (Wildman–Crippen LogP) is 3.82. The Labute approximate surface area is 179 Å². The highest BCUT2D eigenvalue weighted by molar-refractivity contribution is 5.94. The van der Waals surface area contributed by atoms with Gasteiger partial charge in [0.1, 0.15) is 18.2 Å². The van der Waals surface area contributed by atoms with E-state index in [1.54, 1.807) is 22.3 Å². The minimum atomic E-state index is -0.334. The van der Waals surface area contributed by atoms with Gasteiger partial charge in [-0.15, -0.1) is 0 Å². The van der Waals surface area contributed by atoms with Crippen LogP contribution in [0.15, 0.2) is 59.4 Å². The third kappa shape index (κ3) is 4.01. The molecule has 8 nitrogen and oxygen atoms in total. The summed E-state index contributed by atoms with van der Waals surface area (Å²) in [6.07, 6.45) is 5.68. The fourth-order valence-electron chi connectivity index (χ4n) is 4.00. The van der Waals surface area contributed by atoms with E-state index in [0.29, 0.717) is 31.6 Å². The molecule has 1 atom stereocenters. The number of nitrogens with zero attached hydrogens (tertiary/aromatic N) is 4. The van der Waals surface area contributed by atoms with Gasteiger partial charge in [0.25, 0.3) is 0 Å². The van der Waals surface area contributed by atoms with Gasteiger partial charge in [-0.05, 0) is 49.1 Å². The van der Waals surface area contributed by atoms with E-state index in [1.165, 1.54) is 0 Å². The number of carbonyl (C=O) groups excluding carboxylic acids is 2. The molecule has 2 amide bonds. The number of aromatic nitrogens is 2. The molecule has 158 valence electrons. The lowest BCUT2D eigenvalue weighted by Gasteiger charge is -2.15. The first-order valence-electron chi connectivity index (χ1n) is 10.4. The van der Waals surface area contributed by atoms with E-state index in [9.17, 15) is 9.59 Å².